The minimum Gasteiger partial charge on any atom is -0.445 e. The average molecular weight is 510 g/mol. The third-order valence-corrected chi connectivity index (χ3v) is 6.30. The molecule has 190 valence electrons. The van der Waals surface area contributed by atoms with E-state index in [0.717, 1.165) is 24.5 Å². The number of ether oxygens (including phenoxy) is 2. The number of hydrogen-bond donors (Lipinski definition) is 2. The van der Waals surface area contributed by atoms with Gasteiger partial charge in [-0.25, -0.2) is 18.7 Å². The number of nitrogens with one attached hydrogen (secondary N) is 1. The van der Waals surface area contributed by atoms with Crippen LogP contribution in [0.4, 0.5) is 27.6 Å². The molecule has 4 atom stereocenters. The van der Waals surface area contributed by atoms with E-state index in [4.69, 9.17) is 10.5 Å². The van der Waals surface area contributed by atoms with Gasteiger partial charge < -0.3 is 20.5 Å². The van der Waals surface area contributed by atoms with Gasteiger partial charge in [-0.3, -0.25) is 9.79 Å². The number of nitriles is 1. The Kier molecular flexibility index (Phi) is 6.29. The molecule has 0 bridgehead atoms. The van der Waals surface area contributed by atoms with Crippen molar-refractivity contribution < 1.29 is 36.2 Å². The van der Waals surface area contributed by atoms with Crippen LogP contribution in [0.3, 0.4) is 0 Å². The Labute approximate surface area is 201 Å². The molecule has 1 amide bonds. The molecule has 3 heterocycles. The number of amidine groups is 1. The topological polar surface area (TPSA) is 136 Å². The lowest BCUT2D eigenvalue weighted by atomic mass is 9.66. The highest BCUT2D eigenvalue weighted by Gasteiger charge is 2.64. The average Bonchev–Trinajstić information content (AvgIpc) is 3.20. The van der Waals surface area contributed by atoms with Crippen molar-refractivity contribution in [3.05, 3.63) is 47.7 Å². The highest BCUT2D eigenvalue weighted by molar-refractivity contribution is 6.02. The molecule has 2 aliphatic rings. The fraction of sp³-hybridized carbons (Fsp3) is 0.409. The van der Waals surface area contributed by atoms with Gasteiger partial charge in [0.25, 0.3) is 5.91 Å². The first kappa shape index (κ1) is 25.2. The first-order valence-electron chi connectivity index (χ1n) is 10.5. The molecule has 0 aliphatic carbocycles. The van der Waals surface area contributed by atoms with Crippen molar-refractivity contribution in [2.24, 2.45) is 22.1 Å². The maximum absolute atomic E-state index is 15.1. The molecule has 2 aromatic rings. The monoisotopic (exact) mass is 510 g/mol. The second-order valence-corrected chi connectivity index (χ2v) is 8.59. The Morgan fingerprint density at radius 2 is 2.11 bits per heavy atom. The number of rotatable bonds is 5. The van der Waals surface area contributed by atoms with Crippen LogP contribution < -0.4 is 15.8 Å². The lowest BCUT2D eigenvalue weighted by molar-refractivity contribution is -0.218. The highest BCUT2D eigenvalue weighted by atomic mass is 19.4. The van der Waals surface area contributed by atoms with Crippen LogP contribution in [0.2, 0.25) is 0 Å². The zero-order valence-electron chi connectivity index (χ0n) is 18.6. The molecule has 0 saturated carbocycles. The normalized spacial score (nSPS) is 27.5. The molecule has 3 N–H and O–H groups in total. The molecular weight excluding hydrogens is 491 g/mol. The van der Waals surface area contributed by atoms with Crippen LogP contribution in [-0.4, -0.2) is 47.5 Å². The molecule has 1 saturated heterocycles. The van der Waals surface area contributed by atoms with Gasteiger partial charge in [0.1, 0.15) is 28.3 Å². The van der Waals surface area contributed by atoms with Crippen molar-refractivity contribution in [1.29, 1.82) is 5.26 Å². The van der Waals surface area contributed by atoms with Crippen molar-refractivity contribution in [2.75, 3.05) is 18.8 Å². The van der Waals surface area contributed by atoms with E-state index in [2.05, 4.69) is 25.0 Å². The van der Waals surface area contributed by atoms with Gasteiger partial charge in [-0.15, -0.1) is 0 Å². The maximum Gasteiger partial charge on any atom is 0.415 e. The number of aliphatic imine (C=N–C) groups is 1. The third kappa shape index (κ3) is 4.30. The van der Waals surface area contributed by atoms with Crippen LogP contribution in [0.5, 0.6) is 5.88 Å². The minimum absolute atomic E-state index is 0.0215. The summed E-state index contributed by atoms with van der Waals surface area (Å²) < 4.78 is 78.3. The number of carbonyl (C=O) groups is 1. The molecular formula is C22H19F5N6O3. The lowest BCUT2D eigenvalue weighted by Crippen LogP contribution is -2.51. The number of anilines is 1. The molecule has 1 fully saturated rings. The third-order valence-electron chi connectivity index (χ3n) is 6.30. The quantitative estimate of drug-likeness (QED) is 0.590. The number of nitrogens with two attached hydrogens (primary N) is 1. The Bertz CT molecular complexity index is 1250. The van der Waals surface area contributed by atoms with Gasteiger partial charge in [0.05, 0.1) is 25.1 Å². The van der Waals surface area contributed by atoms with Gasteiger partial charge in [-0.1, -0.05) is 0 Å². The molecule has 0 spiro atoms. The number of benzene rings is 1. The van der Waals surface area contributed by atoms with Gasteiger partial charge in [-0.2, -0.15) is 18.4 Å². The standard InChI is InChI=1S/C22H19F5N6O3/c1-20(8-28)5-13-17(22(25,26)27)35-9-21(13,33-19(20)29)12-4-11(2-3-14(12)24)32-18(34)15-6-31-16(7-30-15)36-10-23/h2-4,6-7,13,17H,5,9-10H2,1H3,(H2,29,33)(H,32,34)/t13-,17+,20-,21-/m0/s1. The van der Waals surface area contributed by atoms with Crippen molar-refractivity contribution >= 4 is 17.4 Å². The number of hydrogen-bond acceptors (Lipinski definition) is 8. The molecule has 2 aliphatic heterocycles. The van der Waals surface area contributed by atoms with Crippen LogP contribution in [0.15, 0.2) is 35.6 Å². The molecule has 1 aromatic carbocycles. The van der Waals surface area contributed by atoms with Gasteiger partial charge in [0.15, 0.2) is 6.10 Å². The van der Waals surface area contributed by atoms with Gasteiger partial charge in [0, 0.05) is 17.2 Å². The van der Waals surface area contributed by atoms with Gasteiger partial charge in [-0.05, 0) is 31.5 Å². The van der Waals surface area contributed by atoms with Crippen LogP contribution in [-0.2, 0) is 10.3 Å². The predicted octanol–water partition coefficient (Wildman–Crippen LogP) is 3.24. The van der Waals surface area contributed by atoms with Crippen molar-refractivity contribution in [2.45, 2.75) is 31.2 Å². The Balaban J connectivity index is 1.72. The van der Waals surface area contributed by atoms with Gasteiger partial charge >= 0.3 is 6.18 Å². The van der Waals surface area contributed by atoms with Crippen LogP contribution in [0, 0.1) is 28.5 Å². The van der Waals surface area contributed by atoms with E-state index in [1.54, 1.807) is 0 Å². The zero-order chi connectivity index (χ0) is 26.3. The SMILES string of the molecule is C[C@@]1(C#N)C[C@H]2[C@H](C(F)(F)F)OC[C@@]2(c2cc(NC(=O)c3cnc(OCF)cn3)ccc2F)N=C1N. The summed E-state index contributed by atoms with van der Waals surface area (Å²) >= 11 is 0. The smallest absolute Gasteiger partial charge is 0.415 e. The van der Waals surface area contributed by atoms with Crippen LogP contribution in [0.1, 0.15) is 29.4 Å². The van der Waals surface area contributed by atoms with Crippen molar-refractivity contribution in [3.63, 3.8) is 0 Å². The molecule has 4 rings (SSSR count). The molecule has 0 radical (unpaired) electrons. The fourth-order valence-electron chi connectivity index (χ4n) is 4.42. The largest absolute Gasteiger partial charge is 0.445 e. The summed E-state index contributed by atoms with van der Waals surface area (Å²) in [5.74, 6) is -3.52. The summed E-state index contributed by atoms with van der Waals surface area (Å²) in [6.45, 7) is -0.417. The first-order valence-corrected chi connectivity index (χ1v) is 10.5. The summed E-state index contributed by atoms with van der Waals surface area (Å²) in [7, 11) is 0. The Morgan fingerprint density at radius 1 is 1.36 bits per heavy atom. The molecule has 9 nitrogen and oxygen atoms in total. The second-order valence-electron chi connectivity index (χ2n) is 8.59. The highest BCUT2D eigenvalue weighted by Crippen LogP contribution is 2.55. The predicted molar refractivity (Wildman–Crippen MR) is 114 cm³/mol. The number of halogens is 5. The van der Waals surface area contributed by atoms with Crippen molar-refractivity contribution in [1.82, 2.24) is 9.97 Å². The summed E-state index contributed by atoms with van der Waals surface area (Å²) in [5.41, 5.74) is 2.15. The lowest BCUT2D eigenvalue weighted by Gasteiger charge is -2.42. The van der Waals surface area contributed by atoms with E-state index in [1.807, 2.05) is 6.07 Å². The summed E-state index contributed by atoms with van der Waals surface area (Å²) in [4.78, 5) is 24.3. The van der Waals surface area contributed by atoms with Crippen LogP contribution in [0.25, 0.3) is 0 Å². The number of fused-ring (bicyclic) bond motifs is 1. The van der Waals surface area contributed by atoms with E-state index in [9.17, 15) is 27.6 Å². The number of amides is 1. The van der Waals surface area contributed by atoms with Crippen molar-refractivity contribution in [3.8, 4) is 11.9 Å². The number of nitrogens with zero attached hydrogens (tertiary/aromatic N) is 4. The number of aromatic nitrogens is 2. The Hall–Kier alpha value is -3.86. The maximum atomic E-state index is 15.1. The van der Waals surface area contributed by atoms with E-state index in [-0.39, 0.29) is 35.1 Å². The van der Waals surface area contributed by atoms with E-state index in [1.165, 1.54) is 13.0 Å². The summed E-state index contributed by atoms with van der Waals surface area (Å²) in [6, 6.07) is 5.20. The molecule has 36 heavy (non-hydrogen) atoms. The number of carbonyl (C=O) groups excluding carboxylic acids is 1. The molecule has 0 unspecified atom stereocenters. The van der Waals surface area contributed by atoms with E-state index < -0.39 is 54.3 Å². The van der Waals surface area contributed by atoms with E-state index >= 15 is 4.39 Å². The van der Waals surface area contributed by atoms with E-state index in [0.29, 0.717) is 0 Å². The second kappa shape index (κ2) is 8.98. The Morgan fingerprint density at radius 3 is 2.72 bits per heavy atom. The fourth-order valence-corrected chi connectivity index (χ4v) is 4.42. The molecule has 14 heteroatoms. The van der Waals surface area contributed by atoms with Gasteiger partial charge in [0.2, 0.25) is 12.7 Å². The van der Waals surface area contributed by atoms with Crippen LogP contribution >= 0.6 is 0 Å². The first-order chi connectivity index (χ1) is 16.9. The molecule has 1 aromatic heterocycles. The number of alkyl halides is 4. The summed E-state index contributed by atoms with van der Waals surface area (Å²) in [6.07, 6.45) is -5.44. The minimum atomic E-state index is -4.80. The zero-order valence-corrected chi connectivity index (χ0v) is 18.6. The summed E-state index contributed by atoms with van der Waals surface area (Å²) in [5, 5.41) is 12.0.